The third kappa shape index (κ3) is 6.27. The van der Waals surface area contributed by atoms with Crippen molar-refractivity contribution in [3.05, 3.63) is 36.0 Å². The molecule has 0 bridgehead atoms. The molecular formula is C22H32N6O4. The van der Waals surface area contributed by atoms with Crippen LogP contribution in [0.5, 0.6) is 5.75 Å². The molecule has 2 N–H and O–H groups in total. The van der Waals surface area contributed by atoms with Crippen molar-refractivity contribution in [2.45, 2.75) is 32.7 Å². The Hall–Kier alpha value is -2.98. The van der Waals surface area contributed by atoms with Gasteiger partial charge in [-0.15, -0.1) is 0 Å². The molecule has 0 aliphatic carbocycles. The van der Waals surface area contributed by atoms with E-state index in [0.717, 1.165) is 32.0 Å². The van der Waals surface area contributed by atoms with Crippen molar-refractivity contribution >= 4 is 17.5 Å². The van der Waals surface area contributed by atoms with Crippen LogP contribution in [-0.4, -0.2) is 78.1 Å². The molecule has 2 amide bonds. The molecule has 1 aliphatic heterocycles. The fourth-order valence-electron chi connectivity index (χ4n) is 3.59. The fraction of sp³-hybridized carbons (Fsp3) is 0.545. The van der Waals surface area contributed by atoms with Gasteiger partial charge in [-0.1, -0.05) is 31.1 Å². The molecule has 32 heavy (non-hydrogen) atoms. The number of rotatable bonds is 10. The Morgan fingerprint density at radius 2 is 1.88 bits per heavy atom. The second kappa shape index (κ2) is 11.1. The number of primary amides is 1. The van der Waals surface area contributed by atoms with E-state index in [-0.39, 0.29) is 31.3 Å². The molecule has 2 heterocycles. The van der Waals surface area contributed by atoms with Gasteiger partial charge in [-0.3, -0.25) is 19.4 Å². The number of para-hydroxylation sites is 2. The third-order valence-electron chi connectivity index (χ3n) is 5.44. The largest absolute Gasteiger partial charge is 0.495 e. The first-order valence-corrected chi connectivity index (χ1v) is 10.9. The van der Waals surface area contributed by atoms with E-state index in [4.69, 9.17) is 15.0 Å². The number of nitrogens with zero attached hydrogens (tertiary/aromatic N) is 5. The summed E-state index contributed by atoms with van der Waals surface area (Å²) in [6, 6.07) is 7.28. The number of carbonyl (C=O) groups excluding carboxylic acids is 2. The molecule has 0 spiro atoms. The summed E-state index contributed by atoms with van der Waals surface area (Å²) in [5, 5.41) is 4.01. The van der Waals surface area contributed by atoms with Crippen LogP contribution in [0.2, 0.25) is 0 Å². The lowest BCUT2D eigenvalue weighted by atomic mass is 10.2. The molecule has 1 aliphatic rings. The first-order chi connectivity index (χ1) is 15.4. The zero-order chi connectivity index (χ0) is 23.1. The number of amides is 2. The predicted octanol–water partition coefficient (Wildman–Crippen LogP) is 1.23. The van der Waals surface area contributed by atoms with Gasteiger partial charge >= 0.3 is 0 Å². The summed E-state index contributed by atoms with van der Waals surface area (Å²) in [6.45, 7) is 8.20. The molecule has 1 aromatic carbocycles. The maximum atomic E-state index is 13.2. The van der Waals surface area contributed by atoms with Crippen molar-refractivity contribution in [1.29, 1.82) is 0 Å². The van der Waals surface area contributed by atoms with Crippen molar-refractivity contribution in [1.82, 2.24) is 19.9 Å². The Bertz CT molecular complexity index is 907. The van der Waals surface area contributed by atoms with Gasteiger partial charge in [0.05, 0.1) is 25.9 Å². The first-order valence-electron chi connectivity index (χ1n) is 10.9. The van der Waals surface area contributed by atoms with Crippen LogP contribution >= 0.6 is 0 Å². The van der Waals surface area contributed by atoms with E-state index in [1.165, 1.54) is 0 Å². The Balaban J connectivity index is 1.57. The maximum absolute atomic E-state index is 13.2. The van der Waals surface area contributed by atoms with E-state index in [1.807, 2.05) is 32.0 Å². The van der Waals surface area contributed by atoms with Crippen LogP contribution in [0.15, 0.2) is 28.8 Å². The molecule has 1 saturated heterocycles. The quantitative estimate of drug-likeness (QED) is 0.581. The maximum Gasteiger partial charge on any atom is 0.241 e. The fourth-order valence-corrected chi connectivity index (χ4v) is 3.59. The standard InChI is InChI=1S/C22H32N6O4/c1-16(2)22-24-20(32-25-22)14-26-10-12-27(13-11-26)15-21(30)28(9-8-19(23)29)17-6-4-5-7-18(17)31-3/h4-7,16H,8-15H2,1-3H3,(H2,23,29). The number of anilines is 1. The minimum atomic E-state index is -0.451. The lowest BCUT2D eigenvalue weighted by molar-refractivity contribution is -0.120. The van der Waals surface area contributed by atoms with Crippen molar-refractivity contribution in [3.63, 3.8) is 0 Å². The minimum absolute atomic E-state index is 0.0834. The van der Waals surface area contributed by atoms with Crippen molar-refractivity contribution < 1.29 is 18.8 Å². The van der Waals surface area contributed by atoms with Gasteiger partial charge in [-0.2, -0.15) is 4.98 Å². The minimum Gasteiger partial charge on any atom is -0.495 e. The van der Waals surface area contributed by atoms with Crippen LogP contribution in [0.4, 0.5) is 5.69 Å². The van der Waals surface area contributed by atoms with Crippen molar-refractivity contribution in [2.75, 3.05) is 51.3 Å². The predicted molar refractivity (Wildman–Crippen MR) is 119 cm³/mol. The van der Waals surface area contributed by atoms with E-state index < -0.39 is 5.91 Å². The van der Waals surface area contributed by atoms with E-state index in [0.29, 0.717) is 23.9 Å². The van der Waals surface area contributed by atoms with Crippen LogP contribution in [0.25, 0.3) is 0 Å². The number of aromatic nitrogens is 2. The normalized spacial score (nSPS) is 15.1. The van der Waals surface area contributed by atoms with Crippen LogP contribution in [0, 0.1) is 0 Å². The average molecular weight is 445 g/mol. The van der Waals surface area contributed by atoms with Gasteiger partial charge in [0.15, 0.2) is 5.82 Å². The highest BCUT2D eigenvalue weighted by Gasteiger charge is 2.25. The molecule has 3 rings (SSSR count). The Kier molecular flexibility index (Phi) is 8.18. The zero-order valence-corrected chi connectivity index (χ0v) is 19.0. The Morgan fingerprint density at radius 3 is 2.50 bits per heavy atom. The smallest absolute Gasteiger partial charge is 0.241 e. The molecule has 0 radical (unpaired) electrons. The number of nitrogens with two attached hydrogens (primary N) is 1. The number of hydrogen-bond donors (Lipinski definition) is 1. The summed E-state index contributed by atoms with van der Waals surface area (Å²) in [5.74, 6) is 1.60. The van der Waals surface area contributed by atoms with E-state index in [9.17, 15) is 9.59 Å². The number of carbonyl (C=O) groups is 2. The van der Waals surface area contributed by atoms with Crippen LogP contribution < -0.4 is 15.4 Å². The van der Waals surface area contributed by atoms with Gasteiger partial charge in [-0.05, 0) is 12.1 Å². The average Bonchev–Trinajstić information content (AvgIpc) is 3.24. The summed E-state index contributed by atoms with van der Waals surface area (Å²) in [7, 11) is 1.56. The number of ether oxygens (including phenoxy) is 1. The van der Waals surface area contributed by atoms with Gasteiger partial charge in [0, 0.05) is 45.1 Å². The summed E-state index contributed by atoms with van der Waals surface area (Å²) < 4.78 is 10.8. The Morgan fingerprint density at radius 1 is 1.19 bits per heavy atom. The molecule has 10 heteroatoms. The molecule has 2 aromatic rings. The molecule has 174 valence electrons. The van der Waals surface area contributed by atoms with Gasteiger partial charge in [0.25, 0.3) is 0 Å². The van der Waals surface area contributed by atoms with Gasteiger partial charge in [0.1, 0.15) is 5.75 Å². The highest BCUT2D eigenvalue weighted by molar-refractivity contribution is 5.96. The van der Waals surface area contributed by atoms with E-state index in [2.05, 4.69) is 19.9 Å². The second-order valence-corrected chi connectivity index (χ2v) is 8.19. The van der Waals surface area contributed by atoms with E-state index >= 15 is 0 Å². The summed E-state index contributed by atoms with van der Waals surface area (Å²) in [5.41, 5.74) is 5.97. The summed E-state index contributed by atoms with van der Waals surface area (Å²) in [6.07, 6.45) is 0.0834. The SMILES string of the molecule is COc1ccccc1N(CCC(N)=O)C(=O)CN1CCN(Cc2nc(C(C)C)no2)CC1. The van der Waals surface area contributed by atoms with Gasteiger partial charge < -0.3 is 19.9 Å². The Labute approximate surface area is 188 Å². The molecule has 0 saturated carbocycles. The second-order valence-electron chi connectivity index (χ2n) is 8.19. The van der Waals surface area contributed by atoms with Crippen molar-refractivity contribution in [3.8, 4) is 5.75 Å². The third-order valence-corrected chi connectivity index (χ3v) is 5.44. The molecule has 0 atom stereocenters. The van der Waals surface area contributed by atoms with Gasteiger partial charge in [0.2, 0.25) is 17.7 Å². The number of piperazine rings is 1. The zero-order valence-electron chi connectivity index (χ0n) is 19.0. The molecule has 1 aromatic heterocycles. The molecule has 1 fully saturated rings. The summed E-state index contributed by atoms with van der Waals surface area (Å²) in [4.78, 5) is 34.9. The number of benzene rings is 1. The monoisotopic (exact) mass is 444 g/mol. The van der Waals surface area contributed by atoms with Crippen LogP contribution in [0.3, 0.4) is 0 Å². The van der Waals surface area contributed by atoms with Crippen molar-refractivity contribution in [2.24, 2.45) is 5.73 Å². The molecule has 10 nitrogen and oxygen atoms in total. The van der Waals surface area contributed by atoms with Crippen LogP contribution in [0.1, 0.15) is 37.9 Å². The first kappa shape index (κ1) is 23.7. The summed E-state index contributed by atoms with van der Waals surface area (Å²) >= 11 is 0. The molecule has 0 unspecified atom stereocenters. The lowest BCUT2D eigenvalue weighted by Gasteiger charge is -2.34. The van der Waals surface area contributed by atoms with Gasteiger partial charge in [-0.25, -0.2) is 0 Å². The van der Waals surface area contributed by atoms with Crippen LogP contribution in [-0.2, 0) is 16.1 Å². The number of methoxy groups -OCH3 is 1. The highest BCUT2D eigenvalue weighted by atomic mass is 16.5. The topological polar surface area (TPSA) is 118 Å². The highest BCUT2D eigenvalue weighted by Crippen LogP contribution is 2.28. The lowest BCUT2D eigenvalue weighted by Crippen LogP contribution is -2.50. The number of hydrogen-bond acceptors (Lipinski definition) is 8. The van der Waals surface area contributed by atoms with E-state index in [1.54, 1.807) is 18.1 Å². The molecular weight excluding hydrogens is 412 g/mol.